The summed E-state index contributed by atoms with van der Waals surface area (Å²) in [5.74, 6) is -1.23. The molecule has 0 atom stereocenters. The molecule has 0 aliphatic carbocycles. The van der Waals surface area contributed by atoms with Gasteiger partial charge in [0.1, 0.15) is 11.5 Å². The van der Waals surface area contributed by atoms with Crippen molar-refractivity contribution in [2.75, 3.05) is 0 Å². The second-order valence-electron chi connectivity index (χ2n) is 5.32. The molecule has 2 aromatic rings. The number of amides is 1. The number of aromatic hydroxyl groups is 1. The van der Waals surface area contributed by atoms with Crippen LogP contribution >= 0.6 is 0 Å². The average Bonchev–Trinajstić information content (AvgIpc) is 2.51. The number of phenolic OH excluding ortho intramolecular Hbond substituents is 1. The van der Waals surface area contributed by atoms with E-state index in [0.29, 0.717) is 16.7 Å². The van der Waals surface area contributed by atoms with Crippen molar-refractivity contribution in [3.8, 4) is 22.6 Å². The van der Waals surface area contributed by atoms with E-state index in [1.54, 1.807) is 12.1 Å². The number of primary amides is 1. The van der Waals surface area contributed by atoms with Crippen LogP contribution in [0.25, 0.3) is 11.1 Å². The lowest BCUT2D eigenvalue weighted by Gasteiger charge is -2.14. The van der Waals surface area contributed by atoms with E-state index in [0.717, 1.165) is 12.1 Å². The van der Waals surface area contributed by atoms with Crippen LogP contribution in [-0.2, 0) is 21.3 Å². The average molecular weight is 389 g/mol. The van der Waals surface area contributed by atoms with E-state index in [1.807, 2.05) is 0 Å². The molecule has 0 aliphatic heterocycles. The number of hydrogen-bond acceptors (Lipinski definition) is 5. The van der Waals surface area contributed by atoms with E-state index in [2.05, 4.69) is 4.18 Å². The molecule has 0 spiro atoms. The zero-order chi connectivity index (χ0) is 19.5. The Bertz CT molecular complexity index is 926. The quantitative estimate of drug-likeness (QED) is 0.584. The molecule has 0 bridgehead atoms. The van der Waals surface area contributed by atoms with Crippen molar-refractivity contribution in [3.05, 3.63) is 48.0 Å². The van der Waals surface area contributed by atoms with Crippen LogP contribution in [0.5, 0.6) is 11.5 Å². The Kier molecular flexibility index (Phi) is 5.45. The van der Waals surface area contributed by atoms with E-state index in [9.17, 15) is 31.5 Å². The lowest BCUT2D eigenvalue weighted by Crippen LogP contribution is -2.28. The third-order valence-corrected chi connectivity index (χ3v) is 4.34. The predicted octanol–water partition coefficient (Wildman–Crippen LogP) is 2.71. The standard InChI is InChI=1S/C16H14F3NO5S/c17-16(18,19)26(23,24)25-13-5-6-14(10-2-1-3-12(21)8-10)11(9-13)4-7-15(20)22/h1-3,5-6,8-9,21H,4,7H2,(H2,20,22). The third kappa shape index (κ3) is 4.66. The van der Waals surface area contributed by atoms with Crippen LogP contribution in [0.2, 0.25) is 0 Å². The lowest BCUT2D eigenvalue weighted by molar-refractivity contribution is -0.118. The number of carbonyl (C=O) groups excluding carboxylic acids is 1. The summed E-state index contributed by atoms with van der Waals surface area (Å²) in [5.41, 5.74) is 0.875. The summed E-state index contributed by atoms with van der Waals surface area (Å²) in [6.45, 7) is 0. The molecular weight excluding hydrogens is 375 g/mol. The molecule has 1 amide bonds. The fraction of sp³-hybridized carbons (Fsp3) is 0.188. The largest absolute Gasteiger partial charge is 0.534 e. The van der Waals surface area contributed by atoms with Crippen LogP contribution in [-0.4, -0.2) is 24.9 Å². The highest BCUT2D eigenvalue weighted by Gasteiger charge is 2.48. The van der Waals surface area contributed by atoms with Crippen molar-refractivity contribution in [3.63, 3.8) is 0 Å². The summed E-state index contributed by atoms with van der Waals surface area (Å²) in [6.07, 6.45) is -0.0646. The molecule has 140 valence electrons. The normalized spacial score (nSPS) is 12.0. The molecule has 10 heteroatoms. The number of nitrogens with two attached hydrogens (primary N) is 1. The SMILES string of the molecule is NC(=O)CCc1cc(OS(=O)(=O)C(F)(F)F)ccc1-c1cccc(O)c1. The van der Waals surface area contributed by atoms with Gasteiger partial charge in [0.15, 0.2) is 0 Å². The maximum absolute atomic E-state index is 12.5. The fourth-order valence-electron chi connectivity index (χ4n) is 2.22. The molecule has 0 aliphatic rings. The summed E-state index contributed by atoms with van der Waals surface area (Å²) in [4.78, 5) is 11.0. The number of carbonyl (C=O) groups is 1. The molecule has 0 unspecified atom stereocenters. The van der Waals surface area contributed by atoms with Crippen LogP contribution in [0.3, 0.4) is 0 Å². The number of halogens is 3. The lowest BCUT2D eigenvalue weighted by atomic mass is 9.96. The Balaban J connectivity index is 2.46. The van der Waals surface area contributed by atoms with Gasteiger partial charge in [-0.1, -0.05) is 18.2 Å². The summed E-state index contributed by atoms with van der Waals surface area (Å²) in [7, 11) is -5.81. The van der Waals surface area contributed by atoms with Crippen molar-refractivity contribution in [2.24, 2.45) is 5.73 Å². The molecule has 0 radical (unpaired) electrons. The van der Waals surface area contributed by atoms with Gasteiger partial charge < -0.3 is 15.0 Å². The van der Waals surface area contributed by atoms with Crippen LogP contribution in [0.15, 0.2) is 42.5 Å². The Labute approximate surface area is 147 Å². The Hall–Kier alpha value is -2.75. The summed E-state index contributed by atoms with van der Waals surface area (Å²) >= 11 is 0. The first-order valence-electron chi connectivity index (χ1n) is 7.21. The van der Waals surface area contributed by atoms with Gasteiger partial charge in [-0.2, -0.15) is 21.6 Å². The highest BCUT2D eigenvalue weighted by atomic mass is 32.2. The van der Waals surface area contributed by atoms with Gasteiger partial charge in [-0.25, -0.2) is 0 Å². The molecule has 0 saturated carbocycles. The minimum atomic E-state index is -5.81. The summed E-state index contributed by atoms with van der Waals surface area (Å²) in [6, 6.07) is 9.52. The smallest absolute Gasteiger partial charge is 0.508 e. The second kappa shape index (κ2) is 7.24. The van der Waals surface area contributed by atoms with Gasteiger partial charge in [0, 0.05) is 6.42 Å². The fourth-order valence-corrected chi connectivity index (χ4v) is 2.67. The Morgan fingerprint density at radius 1 is 1.15 bits per heavy atom. The molecule has 2 aromatic carbocycles. The number of rotatable bonds is 6. The highest BCUT2D eigenvalue weighted by Crippen LogP contribution is 2.32. The van der Waals surface area contributed by atoms with Crippen LogP contribution in [0.4, 0.5) is 13.2 Å². The van der Waals surface area contributed by atoms with Gasteiger partial charge in [-0.05, 0) is 47.4 Å². The molecule has 0 aromatic heterocycles. The Morgan fingerprint density at radius 3 is 2.42 bits per heavy atom. The first-order chi connectivity index (χ1) is 12.0. The predicted molar refractivity (Wildman–Crippen MR) is 86.7 cm³/mol. The monoisotopic (exact) mass is 389 g/mol. The van der Waals surface area contributed by atoms with E-state index in [4.69, 9.17) is 5.73 Å². The zero-order valence-corrected chi connectivity index (χ0v) is 14.0. The molecule has 0 saturated heterocycles. The molecule has 2 rings (SSSR count). The molecule has 26 heavy (non-hydrogen) atoms. The van der Waals surface area contributed by atoms with Gasteiger partial charge in [-0.15, -0.1) is 0 Å². The molecule has 0 heterocycles. The van der Waals surface area contributed by atoms with E-state index < -0.39 is 27.3 Å². The maximum Gasteiger partial charge on any atom is 0.534 e. The minimum Gasteiger partial charge on any atom is -0.508 e. The summed E-state index contributed by atoms with van der Waals surface area (Å²) in [5, 5.41) is 9.58. The molecule has 6 nitrogen and oxygen atoms in total. The van der Waals surface area contributed by atoms with Crippen molar-refractivity contribution < 1.29 is 35.7 Å². The van der Waals surface area contributed by atoms with Gasteiger partial charge in [0.25, 0.3) is 0 Å². The van der Waals surface area contributed by atoms with Crippen molar-refractivity contribution in [1.82, 2.24) is 0 Å². The van der Waals surface area contributed by atoms with Crippen LogP contribution in [0.1, 0.15) is 12.0 Å². The van der Waals surface area contributed by atoms with Gasteiger partial charge in [0.05, 0.1) is 0 Å². The number of alkyl halides is 3. The van der Waals surface area contributed by atoms with Crippen molar-refractivity contribution in [1.29, 1.82) is 0 Å². The van der Waals surface area contributed by atoms with E-state index in [1.165, 1.54) is 18.2 Å². The van der Waals surface area contributed by atoms with Gasteiger partial charge >= 0.3 is 15.6 Å². The summed E-state index contributed by atoms with van der Waals surface area (Å²) < 4.78 is 63.8. The minimum absolute atomic E-state index is 0.0386. The topological polar surface area (TPSA) is 107 Å². The molecule has 0 fully saturated rings. The molecular formula is C16H14F3NO5S. The van der Waals surface area contributed by atoms with E-state index in [-0.39, 0.29) is 18.6 Å². The van der Waals surface area contributed by atoms with Gasteiger partial charge in [-0.3, -0.25) is 4.79 Å². The maximum atomic E-state index is 12.5. The number of benzene rings is 2. The van der Waals surface area contributed by atoms with Crippen molar-refractivity contribution in [2.45, 2.75) is 18.3 Å². The first-order valence-corrected chi connectivity index (χ1v) is 8.62. The Morgan fingerprint density at radius 2 is 1.85 bits per heavy atom. The van der Waals surface area contributed by atoms with Crippen LogP contribution < -0.4 is 9.92 Å². The number of phenols is 1. The molecule has 3 N–H and O–H groups in total. The third-order valence-electron chi connectivity index (χ3n) is 3.36. The second-order valence-corrected chi connectivity index (χ2v) is 6.86. The van der Waals surface area contributed by atoms with Crippen molar-refractivity contribution >= 4 is 16.0 Å². The zero-order valence-electron chi connectivity index (χ0n) is 13.2. The first kappa shape index (κ1) is 19.6. The van der Waals surface area contributed by atoms with Crippen LogP contribution in [0, 0.1) is 0 Å². The highest BCUT2D eigenvalue weighted by molar-refractivity contribution is 7.88. The van der Waals surface area contributed by atoms with E-state index >= 15 is 0 Å². The number of hydrogen-bond donors (Lipinski definition) is 2. The van der Waals surface area contributed by atoms with Gasteiger partial charge in [0.2, 0.25) is 5.91 Å². The number of aryl methyl sites for hydroxylation is 1.